The van der Waals surface area contributed by atoms with Crippen molar-refractivity contribution in [3.63, 3.8) is 0 Å². The summed E-state index contributed by atoms with van der Waals surface area (Å²) in [5.74, 6) is 0.788. The Kier molecular flexibility index (Phi) is 6.88. The summed E-state index contributed by atoms with van der Waals surface area (Å²) in [4.78, 5) is 11.9. The van der Waals surface area contributed by atoms with Crippen LogP contribution in [0, 0.1) is 5.41 Å². The Morgan fingerprint density at radius 2 is 1.91 bits per heavy atom. The summed E-state index contributed by atoms with van der Waals surface area (Å²) in [6, 6.07) is 7.73. The lowest BCUT2D eigenvalue weighted by Crippen LogP contribution is -2.43. The normalized spacial score (nSPS) is 14.0. The van der Waals surface area contributed by atoms with Crippen molar-refractivity contribution in [3.8, 4) is 5.75 Å². The topological polar surface area (TPSA) is 67.8 Å². The van der Waals surface area contributed by atoms with Gasteiger partial charge in [0.05, 0.1) is 13.7 Å². The van der Waals surface area contributed by atoms with Gasteiger partial charge in [0, 0.05) is 12.0 Å². The molecule has 0 aliphatic heterocycles. The van der Waals surface area contributed by atoms with E-state index in [1.807, 2.05) is 52.0 Å². The molecule has 2 N–H and O–H groups in total. The molecule has 130 valence electrons. The van der Waals surface area contributed by atoms with Crippen LogP contribution in [0.2, 0.25) is 0 Å². The number of rotatable bonds is 7. The fourth-order valence-electron chi connectivity index (χ4n) is 2.36. The van der Waals surface area contributed by atoms with E-state index in [0.29, 0.717) is 13.0 Å². The monoisotopic (exact) mass is 323 g/mol. The Balaban J connectivity index is 2.81. The number of nitrogens with one attached hydrogen (secondary N) is 1. The summed E-state index contributed by atoms with van der Waals surface area (Å²) in [6.07, 6.45) is 0.862. The molecule has 0 saturated heterocycles. The summed E-state index contributed by atoms with van der Waals surface area (Å²) in [7, 11) is 1.63. The molecule has 1 aromatic rings. The summed E-state index contributed by atoms with van der Waals surface area (Å²) < 4.78 is 10.6. The zero-order chi connectivity index (χ0) is 17.5. The molecule has 0 aromatic heterocycles. The minimum atomic E-state index is -0.541. The van der Waals surface area contributed by atoms with Gasteiger partial charge in [0.15, 0.2) is 0 Å². The van der Waals surface area contributed by atoms with Gasteiger partial charge in [0.1, 0.15) is 11.4 Å². The Morgan fingerprint density at radius 3 is 2.43 bits per heavy atom. The predicted octanol–water partition coefficient (Wildman–Crippen LogP) is 3.15. The number of ether oxygens (including phenoxy) is 2. The molecule has 1 unspecified atom stereocenters. The molecule has 0 saturated carbocycles. The van der Waals surface area contributed by atoms with Crippen molar-refractivity contribution in [1.29, 1.82) is 0 Å². The first-order chi connectivity index (χ1) is 10.7. The van der Waals surface area contributed by atoms with Crippen LogP contribution in [-0.4, -0.2) is 37.1 Å². The minimum absolute atomic E-state index is 0.0304. The number of alkyl carbamates (subject to hydrolysis) is 1. The van der Waals surface area contributed by atoms with E-state index in [1.54, 1.807) is 7.11 Å². The highest BCUT2D eigenvalue weighted by Crippen LogP contribution is 2.30. The van der Waals surface area contributed by atoms with Crippen LogP contribution in [0.3, 0.4) is 0 Å². The van der Waals surface area contributed by atoms with E-state index < -0.39 is 17.1 Å². The zero-order valence-corrected chi connectivity index (χ0v) is 14.8. The quantitative estimate of drug-likeness (QED) is 0.809. The molecule has 0 spiro atoms. The van der Waals surface area contributed by atoms with Gasteiger partial charge < -0.3 is 19.9 Å². The number of amides is 1. The second kappa shape index (κ2) is 8.20. The number of para-hydroxylation sites is 1. The van der Waals surface area contributed by atoms with E-state index in [0.717, 1.165) is 17.7 Å². The zero-order valence-electron chi connectivity index (χ0n) is 14.8. The molecule has 23 heavy (non-hydrogen) atoms. The highest BCUT2D eigenvalue weighted by Gasteiger charge is 2.30. The van der Waals surface area contributed by atoms with Gasteiger partial charge in [-0.05, 0) is 45.2 Å². The summed E-state index contributed by atoms with van der Waals surface area (Å²) in [5.41, 5.74) is 0.0173. The van der Waals surface area contributed by atoms with Crippen molar-refractivity contribution in [2.24, 2.45) is 5.41 Å². The van der Waals surface area contributed by atoms with Crippen LogP contribution >= 0.6 is 0 Å². The largest absolute Gasteiger partial charge is 0.496 e. The van der Waals surface area contributed by atoms with Gasteiger partial charge in [0.25, 0.3) is 0 Å². The van der Waals surface area contributed by atoms with Crippen molar-refractivity contribution >= 4 is 6.09 Å². The number of aliphatic hydroxyl groups is 1. The molecular weight excluding hydrogens is 294 g/mol. The van der Waals surface area contributed by atoms with Crippen molar-refractivity contribution in [2.75, 3.05) is 20.3 Å². The second-order valence-corrected chi connectivity index (χ2v) is 6.86. The Labute approximate surface area is 139 Å². The fraction of sp³-hybridized carbons (Fsp3) is 0.611. The van der Waals surface area contributed by atoms with Crippen LogP contribution in [0.1, 0.15) is 39.7 Å². The molecule has 5 heteroatoms. The van der Waals surface area contributed by atoms with Crippen LogP contribution in [0.15, 0.2) is 24.3 Å². The summed E-state index contributed by atoms with van der Waals surface area (Å²) in [5, 5.41) is 12.7. The maximum atomic E-state index is 11.9. The number of hydrogen-bond acceptors (Lipinski definition) is 4. The maximum Gasteiger partial charge on any atom is 0.407 e. The number of benzene rings is 1. The van der Waals surface area contributed by atoms with Crippen LogP contribution in [0.4, 0.5) is 4.79 Å². The molecule has 0 aliphatic carbocycles. The second-order valence-electron chi connectivity index (χ2n) is 6.86. The first-order valence-corrected chi connectivity index (χ1v) is 7.95. The Hall–Kier alpha value is -1.75. The van der Waals surface area contributed by atoms with Gasteiger partial charge >= 0.3 is 6.09 Å². The van der Waals surface area contributed by atoms with E-state index in [1.165, 1.54) is 0 Å². The number of aliphatic hydroxyl groups excluding tert-OH is 1. The van der Waals surface area contributed by atoms with Crippen molar-refractivity contribution in [2.45, 2.75) is 46.1 Å². The number of carbonyl (C=O) groups is 1. The Morgan fingerprint density at radius 1 is 1.26 bits per heavy atom. The lowest BCUT2D eigenvalue weighted by atomic mass is 9.79. The average molecular weight is 323 g/mol. The van der Waals surface area contributed by atoms with Gasteiger partial charge in [-0.2, -0.15) is 0 Å². The molecule has 0 bridgehead atoms. The first kappa shape index (κ1) is 19.3. The van der Waals surface area contributed by atoms with E-state index in [4.69, 9.17) is 9.47 Å². The van der Waals surface area contributed by atoms with Gasteiger partial charge in [-0.1, -0.05) is 25.1 Å². The minimum Gasteiger partial charge on any atom is -0.496 e. The highest BCUT2D eigenvalue weighted by molar-refractivity contribution is 5.67. The molecule has 1 aromatic carbocycles. The third kappa shape index (κ3) is 6.10. The summed E-state index contributed by atoms with van der Waals surface area (Å²) in [6.45, 7) is 7.77. The lowest BCUT2D eigenvalue weighted by molar-refractivity contribution is 0.0461. The smallest absolute Gasteiger partial charge is 0.407 e. The Bertz CT molecular complexity index is 504. The van der Waals surface area contributed by atoms with E-state index in [2.05, 4.69) is 5.32 Å². The maximum absolute atomic E-state index is 11.9. The number of carbonyl (C=O) groups excluding carboxylic acids is 1. The van der Waals surface area contributed by atoms with E-state index >= 15 is 0 Å². The van der Waals surface area contributed by atoms with Crippen LogP contribution in [-0.2, 0) is 11.2 Å². The van der Waals surface area contributed by atoms with Gasteiger partial charge in [-0.15, -0.1) is 0 Å². The highest BCUT2D eigenvalue weighted by atomic mass is 16.6. The van der Waals surface area contributed by atoms with Crippen LogP contribution in [0.25, 0.3) is 0 Å². The number of methoxy groups -OCH3 is 1. The predicted molar refractivity (Wildman–Crippen MR) is 90.7 cm³/mol. The molecular formula is C18H29NO4. The molecule has 1 rings (SSSR count). The molecule has 0 heterocycles. The van der Waals surface area contributed by atoms with E-state index in [-0.39, 0.29) is 6.61 Å². The molecule has 0 fully saturated rings. The molecule has 0 aliphatic rings. The first-order valence-electron chi connectivity index (χ1n) is 7.95. The molecule has 5 nitrogen and oxygen atoms in total. The van der Waals surface area contributed by atoms with Gasteiger partial charge in [-0.25, -0.2) is 4.79 Å². The van der Waals surface area contributed by atoms with Crippen LogP contribution < -0.4 is 10.1 Å². The van der Waals surface area contributed by atoms with Gasteiger partial charge in [0.2, 0.25) is 0 Å². The third-order valence-corrected chi connectivity index (χ3v) is 3.85. The lowest BCUT2D eigenvalue weighted by Gasteiger charge is -2.32. The average Bonchev–Trinajstić information content (AvgIpc) is 2.50. The SMILES string of the molecule is CCC(CO)(CNC(=O)OC(C)(C)C)Cc1ccccc1OC. The molecule has 1 amide bonds. The standard InChI is InChI=1S/C18H29NO4/c1-6-18(13-20,12-19-16(21)23-17(2,3)4)11-14-9-7-8-10-15(14)22-5/h7-10,20H,6,11-13H2,1-5H3,(H,19,21). The van der Waals surface area contributed by atoms with Crippen molar-refractivity contribution in [1.82, 2.24) is 5.32 Å². The van der Waals surface area contributed by atoms with Gasteiger partial charge in [-0.3, -0.25) is 0 Å². The molecule has 1 atom stereocenters. The third-order valence-electron chi connectivity index (χ3n) is 3.85. The molecule has 0 radical (unpaired) electrons. The fourth-order valence-corrected chi connectivity index (χ4v) is 2.36. The van der Waals surface area contributed by atoms with Crippen molar-refractivity contribution < 1.29 is 19.4 Å². The summed E-state index contributed by atoms with van der Waals surface area (Å²) >= 11 is 0. The van der Waals surface area contributed by atoms with Crippen LogP contribution in [0.5, 0.6) is 5.75 Å². The van der Waals surface area contributed by atoms with Crippen molar-refractivity contribution in [3.05, 3.63) is 29.8 Å². The van der Waals surface area contributed by atoms with E-state index in [9.17, 15) is 9.90 Å². The number of hydrogen-bond donors (Lipinski definition) is 2.